The van der Waals surface area contributed by atoms with Gasteiger partial charge < -0.3 is 10.4 Å². The maximum atomic E-state index is 12.4. The smallest absolute Gasteiger partial charge is 0.248 e. The van der Waals surface area contributed by atoms with Crippen LogP contribution in [0.5, 0.6) is 0 Å². The summed E-state index contributed by atoms with van der Waals surface area (Å²) in [6.45, 7) is 13.3. The van der Waals surface area contributed by atoms with Crippen LogP contribution in [0.2, 0.25) is 5.02 Å². The van der Waals surface area contributed by atoms with Gasteiger partial charge in [-0.2, -0.15) is 0 Å². The Bertz CT molecular complexity index is 843. The third-order valence-electron chi connectivity index (χ3n) is 7.85. The summed E-state index contributed by atoms with van der Waals surface area (Å²) in [5.41, 5.74) is 3.23. The molecule has 30 heavy (non-hydrogen) atoms. The van der Waals surface area contributed by atoms with Gasteiger partial charge >= 0.3 is 0 Å². The molecule has 2 aliphatic rings. The first kappa shape index (κ1) is 23.1. The molecule has 1 aromatic carbocycles. The number of hydrogen-bond acceptors (Lipinski definition) is 2. The minimum Gasteiger partial charge on any atom is -0.393 e. The van der Waals surface area contributed by atoms with Crippen LogP contribution in [0.1, 0.15) is 66.2 Å². The van der Waals surface area contributed by atoms with Crippen LogP contribution in [0.3, 0.4) is 0 Å². The predicted octanol–water partition coefficient (Wildman–Crippen LogP) is 6.77. The molecular weight excluding hydrogens is 394 g/mol. The lowest BCUT2D eigenvalue weighted by Gasteiger charge is -2.59. The summed E-state index contributed by atoms with van der Waals surface area (Å²) in [5.74, 6) is 0.810. The van der Waals surface area contributed by atoms with Crippen molar-refractivity contribution in [2.45, 2.75) is 72.3 Å². The molecule has 4 heteroatoms. The summed E-state index contributed by atoms with van der Waals surface area (Å²) >= 11 is 5.99. The highest BCUT2D eigenvalue weighted by Gasteiger charge is 2.55. The van der Waals surface area contributed by atoms with Gasteiger partial charge in [0.15, 0.2) is 0 Å². The van der Waals surface area contributed by atoms with Crippen molar-refractivity contribution in [3.8, 4) is 0 Å². The summed E-state index contributed by atoms with van der Waals surface area (Å²) in [5, 5.41) is 14.1. The van der Waals surface area contributed by atoms with Crippen LogP contribution >= 0.6 is 11.6 Å². The van der Waals surface area contributed by atoms with Crippen molar-refractivity contribution in [3.05, 3.63) is 53.1 Å². The normalized spacial score (nSPS) is 31.2. The van der Waals surface area contributed by atoms with Crippen molar-refractivity contribution in [1.29, 1.82) is 0 Å². The summed E-state index contributed by atoms with van der Waals surface area (Å²) < 4.78 is 0. The standard InChI is InChI=1S/C26H36ClNO2/c1-17(15-24(30)28-20-8-6-7-19(27)16-20)9-11-21-18(2)10-12-22-25(3,4)23(29)13-14-26(21,22)5/h6-8,15-16,21-23,29H,2,9-14H2,1,3-5H3,(H,28,30)/b17-15+/t21-,22-,23-,26+/m1/s1. The maximum absolute atomic E-state index is 12.4. The van der Waals surface area contributed by atoms with Gasteiger partial charge in [0.05, 0.1) is 6.10 Å². The highest BCUT2D eigenvalue weighted by atomic mass is 35.5. The number of halogens is 1. The van der Waals surface area contributed by atoms with Gasteiger partial charge in [0.25, 0.3) is 0 Å². The molecule has 2 aliphatic carbocycles. The molecular formula is C26H36ClNO2. The fourth-order valence-electron chi connectivity index (χ4n) is 6.11. The fraction of sp³-hybridized carbons (Fsp3) is 0.577. The number of anilines is 1. The van der Waals surface area contributed by atoms with Crippen LogP contribution in [0.15, 0.2) is 48.1 Å². The van der Waals surface area contributed by atoms with E-state index in [1.54, 1.807) is 18.2 Å². The Labute approximate surface area is 186 Å². The van der Waals surface area contributed by atoms with E-state index in [4.69, 9.17) is 11.6 Å². The molecule has 1 aromatic rings. The van der Waals surface area contributed by atoms with E-state index >= 15 is 0 Å². The van der Waals surface area contributed by atoms with Crippen molar-refractivity contribution in [2.24, 2.45) is 22.7 Å². The van der Waals surface area contributed by atoms with E-state index in [1.165, 1.54) is 5.57 Å². The number of hydrogen-bond donors (Lipinski definition) is 2. The first-order chi connectivity index (χ1) is 14.0. The van der Waals surface area contributed by atoms with E-state index in [0.717, 1.165) is 44.1 Å². The summed E-state index contributed by atoms with van der Waals surface area (Å²) in [6, 6.07) is 7.19. The molecule has 4 atom stereocenters. The van der Waals surface area contributed by atoms with E-state index in [-0.39, 0.29) is 22.8 Å². The van der Waals surface area contributed by atoms with E-state index in [0.29, 0.717) is 22.5 Å². The number of carbonyl (C=O) groups excluding carboxylic acids is 1. The second kappa shape index (κ2) is 8.88. The van der Waals surface area contributed by atoms with Crippen molar-refractivity contribution in [2.75, 3.05) is 5.32 Å². The topological polar surface area (TPSA) is 49.3 Å². The fourth-order valence-corrected chi connectivity index (χ4v) is 6.30. The number of benzene rings is 1. The largest absolute Gasteiger partial charge is 0.393 e. The van der Waals surface area contributed by atoms with E-state index in [9.17, 15) is 9.90 Å². The van der Waals surface area contributed by atoms with E-state index in [1.807, 2.05) is 19.1 Å². The molecule has 0 saturated heterocycles. The molecule has 3 rings (SSSR count). The Morgan fingerprint density at radius 1 is 1.33 bits per heavy atom. The lowest BCUT2D eigenvalue weighted by atomic mass is 9.46. The highest BCUT2D eigenvalue weighted by Crippen LogP contribution is 2.61. The number of rotatable bonds is 5. The van der Waals surface area contributed by atoms with Gasteiger partial charge in [-0.15, -0.1) is 0 Å². The Kier molecular flexibility index (Phi) is 6.84. The number of aliphatic hydroxyl groups excluding tert-OH is 1. The van der Waals surface area contributed by atoms with Gasteiger partial charge in [-0.25, -0.2) is 0 Å². The molecule has 0 aliphatic heterocycles. The molecule has 0 radical (unpaired) electrons. The van der Waals surface area contributed by atoms with Crippen LogP contribution in [-0.2, 0) is 4.79 Å². The third kappa shape index (κ3) is 4.68. The number of fused-ring (bicyclic) bond motifs is 1. The summed E-state index contributed by atoms with van der Waals surface area (Å²) in [6.07, 6.45) is 7.42. The van der Waals surface area contributed by atoms with Gasteiger partial charge in [-0.05, 0) is 86.3 Å². The SMILES string of the molecule is C=C1CC[C@@H]2C(C)(C)[C@H](O)CC[C@@]2(C)[C@@H]1CC/C(C)=C/C(=O)Nc1cccc(Cl)c1. The number of nitrogens with one attached hydrogen (secondary N) is 1. The average molecular weight is 430 g/mol. The number of aliphatic hydroxyl groups is 1. The summed E-state index contributed by atoms with van der Waals surface area (Å²) in [7, 11) is 0. The Morgan fingerprint density at radius 2 is 2.07 bits per heavy atom. The van der Waals surface area contributed by atoms with Crippen LogP contribution in [0.4, 0.5) is 5.69 Å². The molecule has 0 bridgehead atoms. The maximum Gasteiger partial charge on any atom is 0.248 e. The minimum atomic E-state index is -0.223. The monoisotopic (exact) mass is 429 g/mol. The zero-order valence-corrected chi connectivity index (χ0v) is 19.6. The van der Waals surface area contributed by atoms with Gasteiger partial charge in [0.1, 0.15) is 0 Å². The van der Waals surface area contributed by atoms with E-state index < -0.39 is 0 Å². The van der Waals surface area contributed by atoms with Crippen LogP contribution in [-0.4, -0.2) is 17.1 Å². The van der Waals surface area contributed by atoms with Gasteiger partial charge in [0.2, 0.25) is 5.91 Å². The molecule has 0 heterocycles. The van der Waals surface area contributed by atoms with Crippen molar-refractivity contribution >= 4 is 23.2 Å². The molecule has 0 unspecified atom stereocenters. The molecule has 3 nitrogen and oxygen atoms in total. The molecule has 2 fully saturated rings. The lowest BCUT2D eigenvalue weighted by Crippen LogP contribution is -2.54. The van der Waals surface area contributed by atoms with Crippen LogP contribution < -0.4 is 5.32 Å². The zero-order valence-electron chi connectivity index (χ0n) is 18.8. The number of allylic oxidation sites excluding steroid dienone is 2. The molecule has 0 aromatic heterocycles. The quantitative estimate of drug-likeness (QED) is 0.400. The average Bonchev–Trinajstić information content (AvgIpc) is 2.64. The Balaban J connectivity index is 1.66. The predicted molar refractivity (Wildman–Crippen MR) is 126 cm³/mol. The lowest BCUT2D eigenvalue weighted by molar-refractivity contribution is -0.124. The first-order valence-corrected chi connectivity index (χ1v) is 11.5. The first-order valence-electron chi connectivity index (χ1n) is 11.1. The number of carbonyl (C=O) groups is 1. The molecule has 2 N–H and O–H groups in total. The van der Waals surface area contributed by atoms with Gasteiger partial charge in [-0.1, -0.05) is 56.2 Å². The van der Waals surface area contributed by atoms with Gasteiger partial charge in [-0.3, -0.25) is 4.79 Å². The highest BCUT2D eigenvalue weighted by molar-refractivity contribution is 6.30. The second-order valence-corrected chi connectivity index (χ2v) is 10.6. The molecule has 164 valence electrons. The Hall–Kier alpha value is -1.58. The summed E-state index contributed by atoms with van der Waals surface area (Å²) in [4.78, 5) is 12.4. The van der Waals surface area contributed by atoms with Crippen molar-refractivity contribution in [3.63, 3.8) is 0 Å². The third-order valence-corrected chi connectivity index (χ3v) is 8.08. The van der Waals surface area contributed by atoms with Crippen molar-refractivity contribution in [1.82, 2.24) is 0 Å². The Morgan fingerprint density at radius 3 is 2.77 bits per heavy atom. The zero-order chi connectivity index (χ0) is 22.1. The molecule has 2 saturated carbocycles. The van der Waals surface area contributed by atoms with Crippen molar-refractivity contribution < 1.29 is 9.90 Å². The number of amides is 1. The van der Waals surface area contributed by atoms with Crippen LogP contribution in [0.25, 0.3) is 0 Å². The second-order valence-electron chi connectivity index (χ2n) is 10.2. The molecule has 0 spiro atoms. The van der Waals surface area contributed by atoms with Gasteiger partial charge in [0, 0.05) is 16.8 Å². The van der Waals surface area contributed by atoms with E-state index in [2.05, 4.69) is 32.7 Å². The minimum absolute atomic E-state index is 0.0618. The van der Waals surface area contributed by atoms with Crippen LogP contribution in [0, 0.1) is 22.7 Å². The molecule has 1 amide bonds.